The van der Waals surface area contributed by atoms with Crippen molar-refractivity contribution in [3.8, 4) is 11.4 Å². The largest absolute Gasteiger partial charge is 0.453 e. The zero-order valence-corrected chi connectivity index (χ0v) is 17.6. The lowest BCUT2D eigenvalue weighted by molar-refractivity contribution is -0.0497. The fraction of sp³-hybridized carbons (Fsp3) is 0.238. The van der Waals surface area contributed by atoms with Gasteiger partial charge in [-0.3, -0.25) is 9.78 Å². The van der Waals surface area contributed by atoms with Crippen LogP contribution in [0.15, 0.2) is 36.7 Å². The van der Waals surface area contributed by atoms with E-state index in [1.54, 1.807) is 37.5 Å². The van der Waals surface area contributed by atoms with Crippen LogP contribution in [0.25, 0.3) is 5.69 Å². The lowest BCUT2D eigenvalue weighted by atomic mass is 10.1. The SMILES string of the molecule is Cc1cnc(C(=O)OCC(=O)c2cc(C)n(-c3ccc(OC(F)F)c(Cl)c3)c2C)cn1. The number of halogens is 3. The average molecular weight is 450 g/mol. The van der Waals surface area contributed by atoms with E-state index in [0.29, 0.717) is 28.3 Å². The molecular weight excluding hydrogens is 432 g/mol. The van der Waals surface area contributed by atoms with Crippen molar-refractivity contribution < 1.29 is 27.8 Å². The molecule has 2 aromatic heterocycles. The Kier molecular flexibility index (Phi) is 6.65. The number of benzene rings is 1. The minimum Gasteiger partial charge on any atom is -0.453 e. The Labute approximate surface area is 181 Å². The lowest BCUT2D eigenvalue weighted by Crippen LogP contribution is -2.16. The van der Waals surface area contributed by atoms with Crippen molar-refractivity contribution >= 4 is 23.4 Å². The second-order valence-corrected chi connectivity index (χ2v) is 7.06. The summed E-state index contributed by atoms with van der Waals surface area (Å²) in [6, 6.07) is 5.99. The number of alkyl halides is 2. The Morgan fingerprint density at radius 2 is 1.87 bits per heavy atom. The van der Waals surface area contributed by atoms with Gasteiger partial charge in [-0.2, -0.15) is 8.78 Å². The predicted octanol–water partition coefficient (Wildman–Crippen LogP) is 4.49. The lowest BCUT2D eigenvalue weighted by Gasteiger charge is -2.13. The molecule has 0 atom stereocenters. The van der Waals surface area contributed by atoms with E-state index in [2.05, 4.69) is 14.7 Å². The van der Waals surface area contributed by atoms with E-state index in [9.17, 15) is 18.4 Å². The quantitative estimate of drug-likeness (QED) is 0.390. The monoisotopic (exact) mass is 449 g/mol. The van der Waals surface area contributed by atoms with Crippen LogP contribution in [0.2, 0.25) is 5.02 Å². The van der Waals surface area contributed by atoms with Crippen LogP contribution in [0.4, 0.5) is 8.78 Å². The number of carbonyl (C=O) groups excluding carboxylic acids is 2. The number of Topliss-reactive ketones (excluding diaryl/α,β-unsaturated/α-hetero) is 1. The topological polar surface area (TPSA) is 83.3 Å². The summed E-state index contributed by atoms with van der Waals surface area (Å²) in [6.45, 7) is 1.76. The molecule has 7 nitrogen and oxygen atoms in total. The highest BCUT2D eigenvalue weighted by atomic mass is 35.5. The van der Waals surface area contributed by atoms with Crippen molar-refractivity contribution in [3.63, 3.8) is 0 Å². The van der Waals surface area contributed by atoms with Crippen molar-refractivity contribution in [2.24, 2.45) is 0 Å². The first-order valence-electron chi connectivity index (χ1n) is 9.10. The zero-order chi connectivity index (χ0) is 22.7. The summed E-state index contributed by atoms with van der Waals surface area (Å²) in [4.78, 5) is 32.6. The Morgan fingerprint density at radius 1 is 1.13 bits per heavy atom. The van der Waals surface area contributed by atoms with Crippen LogP contribution < -0.4 is 4.74 Å². The smallest absolute Gasteiger partial charge is 0.387 e. The van der Waals surface area contributed by atoms with Crippen LogP contribution in [0.5, 0.6) is 5.75 Å². The maximum atomic E-state index is 12.6. The molecule has 0 unspecified atom stereocenters. The molecule has 0 saturated heterocycles. The molecule has 0 aliphatic carbocycles. The number of aryl methyl sites for hydroxylation is 2. The Morgan fingerprint density at radius 3 is 2.48 bits per heavy atom. The third kappa shape index (κ3) is 5.05. The summed E-state index contributed by atoms with van der Waals surface area (Å²) in [5.41, 5.74) is 2.85. The van der Waals surface area contributed by atoms with Crippen LogP contribution in [-0.4, -0.2) is 39.5 Å². The molecule has 0 aliphatic heterocycles. The molecule has 2 heterocycles. The molecule has 3 rings (SSSR count). The number of esters is 1. The first-order valence-corrected chi connectivity index (χ1v) is 9.47. The highest BCUT2D eigenvalue weighted by molar-refractivity contribution is 6.32. The van der Waals surface area contributed by atoms with Gasteiger partial charge in [-0.25, -0.2) is 9.78 Å². The van der Waals surface area contributed by atoms with E-state index in [0.717, 1.165) is 0 Å². The highest BCUT2D eigenvalue weighted by Crippen LogP contribution is 2.30. The molecule has 0 radical (unpaired) electrons. The molecule has 0 saturated carbocycles. The summed E-state index contributed by atoms with van der Waals surface area (Å²) in [5.74, 6) is -1.31. The summed E-state index contributed by atoms with van der Waals surface area (Å²) >= 11 is 6.04. The van der Waals surface area contributed by atoms with Crippen molar-refractivity contribution in [1.82, 2.24) is 14.5 Å². The van der Waals surface area contributed by atoms with Gasteiger partial charge < -0.3 is 14.0 Å². The third-order valence-corrected chi connectivity index (χ3v) is 4.74. The molecular formula is C21H18ClF2N3O4. The number of ether oxygens (including phenoxy) is 2. The maximum absolute atomic E-state index is 12.6. The number of hydrogen-bond acceptors (Lipinski definition) is 6. The summed E-state index contributed by atoms with van der Waals surface area (Å²) in [6.07, 6.45) is 2.70. The van der Waals surface area contributed by atoms with Gasteiger partial charge in [0.15, 0.2) is 12.3 Å². The van der Waals surface area contributed by atoms with Gasteiger partial charge >= 0.3 is 12.6 Å². The van der Waals surface area contributed by atoms with Gasteiger partial charge in [0.05, 0.1) is 16.9 Å². The second kappa shape index (κ2) is 9.22. The molecule has 0 spiro atoms. The maximum Gasteiger partial charge on any atom is 0.387 e. The number of ketones is 1. The van der Waals surface area contributed by atoms with Gasteiger partial charge in [0.2, 0.25) is 5.78 Å². The van der Waals surface area contributed by atoms with Gasteiger partial charge in [0, 0.05) is 28.8 Å². The standard InChI is InChI=1S/C21H18ClF2N3O4/c1-11-8-26-17(9-25-11)20(29)30-10-18(28)15-6-12(2)27(13(15)3)14-4-5-19(16(22)7-14)31-21(23)24/h4-9,21H,10H2,1-3H3. The van der Waals surface area contributed by atoms with Crippen LogP contribution in [0.3, 0.4) is 0 Å². The number of carbonyl (C=O) groups is 2. The van der Waals surface area contributed by atoms with Crippen LogP contribution in [0.1, 0.15) is 37.9 Å². The van der Waals surface area contributed by atoms with E-state index >= 15 is 0 Å². The van der Waals surface area contributed by atoms with Crippen molar-refractivity contribution in [3.05, 3.63) is 70.0 Å². The molecule has 31 heavy (non-hydrogen) atoms. The Bertz CT molecular complexity index is 1130. The van der Waals surface area contributed by atoms with Crippen LogP contribution >= 0.6 is 11.6 Å². The van der Waals surface area contributed by atoms with Gasteiger partial charge in [-0.1, -0.05) is 11.6 Å². The van der Waals surface area contributed by atoms with Crippen molar-refractivity contribution in [2.75, 3.05) is 6.61 Å². The zero-order valence-electron chi connectivity index (χ0n) is 16.9. The second-order valence-electron chi connectivity index (χ2n) is 6.66. The van der Waals surface area contributed by atoms with E-state index in [4.69, 9.17) is 16.3 Å². The molecule has 162 valence electrons. The van der Waals surface area contributed by atoms with Gasteiger partial charge in [-0.15, -0.1) is 0 Å². The van der Waals surface area contributed by atoms with E-state index < -0.39 is 25.0 Å². The first kappa shape index (κ1) is 22.4. The Balaban J connectivity index is 1.77. The number of aromatic nitrogens is 3. The van der Waals surface area contributed by atoms with E-state index in [1.165, 1.54) is 24.5 Å². The average Bonchev–Trinajstić information content (AvgIpc) is 3.02. The normalized spacial score (nSPS) is 10.9. The number of hydrogen-bond donors (Lipinski definition) is 0. The molecule has 0 aliphatic rings. The molecule has 10 heteroatoms. The first-order chi connectivity index (χ1) is 14.7. The minimum absolute atomic E-state index is 0.00428. The molecule has 0 N–H and O–H groups in total. The fourth-order valence-corrected chi connectivity index (χ4v) is 3.26. The summed E-state index contributed by atoms with van der Waals surface area (Å²) < 4.78 is 36.0. The van der Waals surface area contributed by atoms with Gasteiger partial charge in [-0.05, 0) is 45.0 Å². The van der Waals surface area contributed by atoms with E-state index in [-0.39, 0.29) is 16.5 Å². The number of nitrogens with zero attached hydrogens (tertiary/aromatic N) is 3. The summed E-state index contributed by atoms with van der Waals surface area (Å²) in [5, 5.41) is 0.00585. The molecule has 0 fully saturated rings. The third-order valence-electron chi connectivity index (χ3n) is 4.45. The van der Waals surface area contributed by atoms with Gasteiger partial charge in [0.25, 0.3) is 0 Å². The van der Waals surface area contributed by atoms with Crippen LogP contribution in [0, 0.1) is 20.8 Å². The molecule has 3 aromatic rings. The molecule has 0 amide bonds. The summed E-state index contributed by atoms with van der Waals surface area (Å²) in [7, 11) is 0. The predicted molar refractivity (Wildman–Crippen MR) is 108 cm³/mol. The highest BCUT2D eigenvalue weighted by Gasteiger charge is 2.20. The van der Waals surface area contributed by atoms with Crippen LogP contribution in [-0.2, 0) is 4.74 Å². The molecule has 1 aromatic carbocycles. The van der Waals surface area contributed by atoms with Gasteiger partial charge in [0.1, 0.15) is 5.75 Å². The van der Waals surface area contributed by atoms with Crippen molar-refractivity contribution in [2.45, 2.75) is 27.4 Å². The van der Waals surface area contributed by atoms with E-state index in [1.807, 2.05) is 0 Å². The number of rotatable bonds is 7. The Hall–Kier alpha value is -3.33. The fourth-order valence-electron chi connectivity index (χ4n) is 3.04. The minimum atomic E-state index is -2.99. The molecule has 0 bridgehead atoms. The van der Waals surface area contributed by atoms with Crippen molar-refractivity contribution in [1.29, 1.82) is 0 Å².